The third-order valence-electron chi connectivity index (χ3n) is 2.38. The maximum atomic E-state index is 11.8. The van der Waals surface area contributed by atoms with Gasteiger partial charge < -0.3 is 15.0 Å². The van der Waals surface area contributed by atoms with Crippen LogP contribution in [-0.2, 0) is 4.74 Å². The monoisotopic (exact) mass is 244 g/mol. The summed E-state index contributed by atoms with van der Waals surface area (Å²) in [5.41, 5.74) is 1.39. The fourth-order valence-electron chi connectivity index (χ4n) is 1.51. The Morgan fingerprint density at radius 3 is 2.72 bits per heavy atom. The average molecular weight is 244 g/mol. The number of anilines is 1. The topological polar surface area (TPSA) is 71.2 Å². The number of methoxy groups -OCH3 is 1. The van der Waals surface area contributed by atoms with Crippen LogP contribution in [0.2, 0.25) is 0 Å². The van der Waals surface area contributed by atoms with Gasteiger partial charge in [0.1, 0.15) is 5.69 Å². The largest absolute Gasteiger partial charge is 0.465 e. The van der Waals surface area contributed by atoms with Gasteiger partial charge in [-0.2, -0.15) is 0 Å². The first-order valence-corrected chi connectivity index (χ1v) is 5.34. The van der Waals surface area contributed by atoms with Gasteiger partial charge in [-0.15, -0.1) is 0 Å². The van der Waals surface area contributed by atoms with Crippen LogP contribution in [0, 0.1) is 0 Å². The Hall–Kier alpha value is -2.56. The zero-order valence-corrected chi connectivity index (χ0v) is 9.77. The predicted octanol–water partition coefficient (Wildman–Crippen LogP) is 2.05. The molecule has 92 valence electrons. The number of amides is 1. The summed E-state index contributed by atoms with van der Waals surface area (Å²) in [6.45, 7) is 0. The van der Waals surface area contributed by atoms with Gasteiger partial charge in [0.05, 0.1) is 12.7 Å². The van der Waals surface area contributed by atoms with E-state index in [1.54, 1.807) is 42.6 Å². The average Bonchev–Trinajstić information content (AvgIpc) is 2.92. The number of H-pyrrole nitrogens is 1. The molecule has 1 aromatic carbocycles. The Morgan fingerprint density at radius 2 is 2.06 bits per heavy atom. The zero-order valence-electron chi connectivity index (χ0n) is 9.77. The maximum absolute atomic E-state index is 11.8. The number of carbonyl (C=O) groups excluding carboxylic acids is 2. The minimum atomic E-state index is -0.439. The molecule has 2 rings (SSSR count). The Labute approximate surface area is 104 Å². The first-order chi connectivity index (χ1) is 8.70. The first-order valence-electron chi connectivity index (χ1n) is 5.34. The van der Waals surface area contributed by atoms with Crippen molar-refractivity contribution in [2.75, 3.05) is 12.4 Å². The van der Waals surface area contributed by atoms with Crippen LogP contribution in [0.3, 0.4) is 0 Å². The number of benzene rings is 1. The Morgan fingerprint density at radius 1 is 1.22 bits per heavy atom. The van der Waals surface area contributed by atoms with Crippen molar-refractivity contribution in [3.63, 3.8) is 0 Å². The quantitative estimate of drug-likeness (QED) is 0.812. The molecule has 0 saturated carbocycles. The molecule has 0 radical (unpaired) electrons. The first kappa shape index (κ1) is 11.9. The molecule has 2 N–H and O–H groups in total. The van der Waals surface area contributed by atoms with E-state index in [-0.39, 0.29) is 5.91 Å². The van der Waals surface area contributed by atoms with E-state index in [1.807, 2.05) is 0 Å². The van der Waals surface area contributed by atoms with E-state index in [1.165, 1.54) is 7.11 Å². The van der Waals surface area contributed by atoms with Crippen molar-refractivity contribution < 1.29 is 14.3 Å². The number of ether oxygens (including phenoxy) is 1. The molecule has 1 aromatic heterocycles. The van der Waals surface area contributed by atoms with Crippen LogP contribution >= 0.6 is 0 Å². The van der Waals surface area contributed by atoms with Gasteiger partial charge in [-0.1, -0.05) is 6.07 Å². The van der Waals surface area contributed by atoms with Crippen LogP contribution in [-0.4, -0.2) is 24.0 Å². The molecule has 1 heterocycles. The summed E-state index contributed by atoms with van der Waals surface area (Å²) >= 11 is 0. The number of nitrogens with one attached hydrogen (secondary N) is 2. The van der Waals surface area contributed by atoms with E-state index < -0.39 is 5.97 Å². The van der Waals surface area contributed by atoms with E-state index >= 15 is 0 Å². The molecule has 0 aliphatic heterocycles. The highest BCUT2D eigenvalue weighted by Crippen LogP contribution is 2.12. The van der Waals surface area contributed by atoms with Gasteiger partial charge in [0.15, 0.2) is 0 Å². The van der Waals surface area contributed by atoms with E-state index in [4.69, 9.17) is 0 Å². The second-order valence-corrected chi connectivity index (χ2v) is 3.61. The summed E-state index contributed by atoms with van der Waals surface area (Å²) < 4.78 is 4.61. The summed E-state index contributed by atoms with van der Waals surface area (Å²) in [6.07, 6.45) is 1.67. The fraction of sp³-hybridized carbons (Fsp3) is 0.0769. The zero-order chi connectivity index (χ0) is 13.0. The van der Waals surface area contributed by atoms with Crippen molar-refractivity contribution >= 4 is 17.6 Å². The van der Waals surface area contributed by atoms with Gasteiger partial charge in [0, 0.05) is 11.9 Å². The molecule has 0 aliphatic carbocycles. The number of esters is 1. The highest BCUT2D eigenvalue weighted by atomic mass is 16.5. The number of carbonyl (C=O) groups is 2. The van der Waals surface area contributed by atoms with Crippen LogP contribution in [0.5, 0.6) is 0 Å². The third-order valence-corrected chi connectivity index (χ3v) is 2.38. The second kappa shape index (κ2) is 5.18. The van der Waals surface area contributed by atoms with Crippen molar-refractivity contribution in [2.45, 2.75) is 0 Å². The van der Waals surface area contributed by atoms with Gasteiger partial charge in [0.25, 0.3) is 5.91 Å². The standard InChI is InChI=1S/C13H12N2O3/c1-18-13(17)9-4-2-5-10(8-9)15-12(16)11-6-3-7-14-11/h2-8,14H,1H3,(H,15,16). The molecule has 0 aliphatic rings. The van der Waals surface area contributed by atoms with Crippen LogP contribution in [0.1, 0.15) is 20.8 Å². The number of aromatic amines is 1. The van der Waals surface area contributed by atoms with Gasteiger partial charge in [-0.3, -0.25) is 4.79 Å². The normalized spacial score (nSPS) is 9.83. The van der Waals surface area contributed by atoms with Gasteiger partial charge >= 0.3 is 5.97 Å². The maximum Gasteiger partial charge on any atom is 0.337 e. The van der Waals surface area contributed by atoms with Crippen molar-refractivity contribution in [3.8, 4) is 0 Å². The van der Waals surface area contributed by atoms with Crippen molar-refractivity contribution in [3.05, 3.63) is 53.9 Å². The lowest BCUT2D eigenvalue weighted by Crippen LogP contribution is -2.12. The smallest absolute Gasteiger partial charge is 0.337 e. The van der Waals surface area contributed by atoms with Crippen LogP contribution in [0.25, 0.3) is 0 Å². The Bertz CT molecular complexity index is 561. The molecule has 2 aromatic rings. The molecule has 5 heteroatoms. The number of hydrogen-bond donors (Lipinski definition) is 2. The third kappa shape index (κ3) is 2.57. The van der Waals surface area contributed by atoms with E-state index in [2.05, 4.69) is 15.0 Å². The minimum absolute atomic E-state index is 0.262. The predicted molar refractivity (Wildman–Crippen MR) is 66.5 cm³/mol. The van der Waals surface area contributed by atoms with E-state index in [0.29, 0.717) is 16.9 Å². The minimum Gasteiger partial charge on any atom is -0.465 e. The van der Waals surface area contributed by atoms with E-state index in [0.717, 1.165) is 0 Å². The summed E-state index contributed by atoms with van der Waals surface area (Å²) in [5, 5.41) is 2.69. The van der Waals surface area contributed by atoms with E-state index in [9.17, 15) is 9.59 Å². The molecule has 5 nitrogen and oxygen atoms in total. The molecule has 1 amide bonds. The highest BCUT2D eigenvalue weighted by Gasteiger charge is 2.09. The molecular formula is C13H12N2O3. The molecule has 0 spiro atoms. The number of aromatic nitrogens is 1. The van der Waals surface area contributed by atoms with Crippen molar-refractivity contribution in [1.29, 1.82) is 0 Å². The molecule has 0 atom stereocenters. The van der Waals surface area contributed by atoms with Crippen molar-refractivity contribution in [2.24, 2.45) is 0 Å². The second-order valence-electron chi connectivity index (χ2n) is 3.61. The Balaban J connectivity index is 2.15. The van der Waals surface area contributed by atoms with Gasteiger partial charge in [0.2, 0.25) is 0 Å². The molecule has 18 heavy (non-hydrogen) atoms. The molecule has 0 bridgehead atoms. The van der Waals surface area contributed by atoms with Gasteiger partial charge in [-0.05, 0) is 30.3 Å². The van der Waals surface area contributed by atoms with Crippen LogP contribution < -0.4 is 5.32 Å². The molecule has 0 unspecified atom stereocenters. The summed E-state index contributed by atoms with van der Waals surface area (Å²) in [5.74, 6) is -0.701. The summed E-state index contributed by atoms with van der Waals surface area (Å²) in [7, 11) is 1.31. The van der Waals surface area contributed by atoms with Crippen molar-refractivity contribution in [1.82, 2.24) is 4.98 Å². The van der Waals surface area contributed by atoms with Crippen LogP contribution in [0.15, 0.2) is 42.6 Å². The molecule has 0 saturated heterocycles. The summed E-state index contributed by atoms with van der Waals surface area (Å²) in [6, 6.07) is 9.96. The molecular weight excluding hydrogens is 232 g/mol. The number of hydrogen-bond acceptors (Lipinski definition) is 3. The highest BCUT2D eigenvalue weighted by molar-refractivity contribution is 6.03. The van der Waals surface area contributed by atoms with Gasteiger partial charge in [-0.25, -0.2) is 4.79 Å². The summed E-state index contributed by atoms with van der Waals surface area (Å²) in [4.78, 5) is 25.9. The SMILES string of the molecule is COC(=O)c1cccc(NC(=O)c2ccc[nH]2)c1. The fourth-order valence-corrected chi connectivity index (χ4v) is 1.51. The Kier molecular flexibility index (Phi) is 3.43. The number of rotatable bonds is 3. The lowest BCUT2D eigenvalue weighted by atomic mass is 10.2. The molecule has 0 fully saturated rings. The lowest BCUT2D eigenvalue weighted by Gasteiger charge is -2.05. The van der Waals surface area contributed by atoms with Crippen LogP contribution in [0.4, 0.5) is 5.69 Å². The lowest BCUT2D eigenvalue weighted by molar-refractivity contribution is 0.0600.